The van der Waals surface area contributed by atoms with Crippen molar-refractivity contribution in [3.05, 3.63) is 75.1 Å². The third kappa shape index (κ3) is 4.88. The third-order valence-corrected chi connectivity index (χ3v) is 5.78. The molecule has 0 saturated carbocycles. The third-order valence-electron chi connectivity index (χ3n) is 4.57. The number of phenolic OH excluding ortho intramolecular Hbond substituents is 1. The van der Waals surface area contributed by atoms with Crippen molar-refractivity contribution in [3.63, 3.8) is 0 Å². The van der Waals surface area contributed by atoms with Gasteiger partial charge in [-0.15, -0.1) is 0 Å². The molecule has 9 heteroatoms. The summed E-state index contributed by atoms with van der Waals surface area (Å²) in [4.78, 5) is 8.34. The highest BCUT2D eigenvalue weighted by molar-refractivity contribution is 9.10. The number of benzene rings is 2. The monoisotopic (exact) mass is 553 g/mol. The quantitative estimate of drug-likeness (QED) is 0.374. The van der Waals surface area contributed by atoms with Gasteiger partial charge in [0.15, 0.2) is 0 Å². The van der Waals surface area contributed by atoms with Crippen molar-refractivity contribution in [3.8, 4) is 22.9 Å². The Bertz CT molecular complexity index is 1180. The molecule has 5 nitrogen and oxygen atoms in total. The van der Waals surface area contributed by atoms with Crippen LogP contribution in [0.4, 0.5) is 8.78 Å². The zero-order chi connectivity index (χ0) is 21.3. The second kappa shape index (κ2) is 9.74. The maximum atomic E-state index is 13.4. The number of halogens is 4. The minimum absolute atomic E-state index is 0. The molecule has 3 heterocycles. The van der Waals surface area contributed by atoms with Crippen molar-refractivity contribution in [2.45, 2.75) is 20.4 Å². The molecule has 3 aromatic rings. The summed E-state index contributed by atoms with van der Waals surface area (Å²) in [7, 11) is 0. The van der Waals surface area contributed by atoms with E-state index in [2.05, 4.69) is 41.8 Å². The first-order valence-corrected chi connectivity index (χ1v) is 10.6. The molecule has 0 spiro atoms. The smallest absolute Gasteiger partial charge is 0.143 e. The van der Waals surface area contributed by atoms with Crippen LogP contribution in [0.15, 0.2) is 62.9 Å². The van der Waals surface area contributed by atoms with Gasteiger partial charge in [0, 0.05) is 42.7 Å². The number of nitrogens with zero attached hydrogens (tertiary/aromatic N) is 3. The van der Waals surface area contributed by atoms with Crippen molar-refractivity contribution in [1.29, 1.82) is 0 Å². The van der Waals surface area contributed by atoms with Crippen LogP contribution in [0.5, 0.6) is 11.5 Å². The number of phenols is 1. The molecule has 5 rings (SSSR count). The van der Waals surface area contributed by atoms with E-state index in [-0.39, 0.29) is 19.0 Å². The van der Waals surface area contributed by atoms with Gasteiger partial charge in [0.2, 0.25) is 0 Å². The van der Waals surface area contributed by atoms with Gasteiger partial charge in [-0.1, -0.05) is 13.5 Å². The Morgan fingerprint density at radius 1 is 1.03 bits per heavy atom. The number of imidazole rings is 1. The van der Waals surface area contributed by atoms with E-state index in [1.807, 2.05) is 16.8 Å². The second-order valence-corrected chi connectivity index (χ2v) is 8.21. The predicted octanol–water partition coefficient (Wildman–Crippen LogP) is 6.48. The Balaban J connectivity index is 0.000000172. The SMILES string of the molecule is C.Fc1cc2c(cc1Br)-c1nccn1CCO2.Oc1cc(F)c(Br)cc1C1=NC=CC1. The van der Waals surface area contributed by atoms with Gasteiger partial charge in [0.25, 0.3) is 0 Å². The van der Waals surface area contributed by atoms with Crippen molar-refractivity contribution in [2.75, 3.05) is 6.61 Å². The molecule has 0 atom stereocenters. The predicted molar refractivity (Wildman–Crippen MR) is 124 cm³/mol. The van der Waals surface area contributed by atoms with E-state index in [1.54, 1.807) is 18.5 Å². The lowest BCUT2D eigenvalue weighted by atomic mass is 10.1. The Labute approximate surface area is 195 Å². The second-order valence-electron chi connectivity index (χ2n) is 6.50. The van der Waals surface area contributed by atoms with E-state index in [4.69, 9.17) is 4.74 Å². The van der Waals surface area contributed by atoms with Crippen LogP contribution in [-0.2, 0) is 6.54 Å². The van der Waals surface area contributed by atoms with Crippen LogP contribution in [0.2, 0.25) is 0 Å². The lowest BCUT2D eigenvalue weighted by Crippen LogP contribution is -2.04. The summed E-state index contributed by atoms with van der Waals surface area (Å²) < 4.78 is 34.6. The van der Waals surface area contributed by atoms with E-state index in [9.17, 15) is 13.9 Å². The molecule has 0 amide bonds. The average molecular weight is 555 g/mol. The molecule has 162 valence electrons. The summed E-state index contributed by atoms with van der Waals surface area (Å²) >= 11 is 6.24. The van der Waals surface area contributed by atoms with Gasteiger partial charge in [-0.25, -0.2) is 13.8 Å². The Morgan fingerprint density at radius 2 is 1.74 bits per heavy atom. The number of ether oxygens (including phenoxy) is 1. The van der Waals surface area contributed by atoms with Gasteiger partial charge in [0.1, 0.15) is 35.6 Å². The number of allylic oxidation sites excluding steroid dienone is 1. The number of fused-ring (bicyclic) bond motifs is 3. The lowest BCUT2D eigenvalue weighted by molar-refractivity contribution is 0.305. The fourth-order valence-corrected chi connectivity index (χ4v) is 3.80. The largest absolute Gasteiger partial charge is 0.507 e. The average Bonchev–Trinajstić information content (AvgIpc) is 3.38. The van der Waals surface area contributed by atoms with Gasteiger partial charge in [0.05, 0.1) is 26.8 Å². The highest BCUT2D eigenvalue weighted by Gasteiger charge is 2.18. The fraction of sp³-hybridized carbons (Fsp3) is 0.182. The molecular weight excluding hydrogens is 536 g/mol. The van der Waals surface area contributed by atoms with Gasteiger partial charge in [-0.05, 0) is 44.0 Å². The van der Waals surface area contributed by atoms with Gasteiger partial charge >= 0.3 is 0 Å². The molecule has 1 aromatic heterocycles. The molecule has 2 aliphatic heterocycles. The number of hydrogen-bond donors (Lipinski definition) is 1. The summed E-state index contributed by atoms with van der Waals surface area (Å²) in [5.41, 5.74) is 2.14. The molecule has 2 aliphatic rings. The molecule has 0 aliphatic carbocycles. The number of aromatic nitrogens is 2. The number of hydrogen-bond acceptors (Lipinski definition) is 4. The highest BCUT2D eigenvalue weighted by Crippen LogP contribution is 2.35. The maximum Gasteiger partial charge on any atom is 0.143 e. The van der Waals surface area contributed by atoms with Crippen molar-refractivity contribution >= 4 is 37.6 Å². The first-order valence-electron chi connectivity index (χ1n) is 8.97. The molecule has 0 unspecified atom stereocenters. The van der Waals surface area contributed by atoms with Gasteiger partial charge < -0.3 is 14.4 Å². The highest BCUT2D eigenvalue weighted by atomic mass is 79.9. The van der Waals surface area contributed by atoms with E-state index in [0.29, 0.717) is 33.3 Å². The van der Waals surface area contributed by atoms with E-state index >= 15 is 0 Å². The molecule has 31 heavy (non-hydrogen) atoms. The number of aliphatic imine (C=N–C) groups is 1. The Morgan fingerprint density at radius 3 is 2.45 bits per heavy atom. The Hall–Kier alpha value is -2.52. The first kappa shape index (κ1) is 23.1. The summed E-state index contributed by atoms with van der Waals surface area (Å²) in [6, 6.07) is 5.72. The van der Waals surface area contributed by atoms with Crippen molar-refractivity contribution < 1.29 is 18.6 Å². The van der Waals surface area contributed by atoms with E-state index < -0.39 is 5.82 Å². The molecule has 0 saturated heterocycles. The Kier molecular flexibility index (Phi) is 7.27. The van der Waals surface area contributed by atoms with Gasteiger partial charge in [-0.2, -0.15) is 0 Å². The standard InChI is InChI=1S/C11H8BrFN2O.C10H7BrFNO.CH4/c12-8-5-7-10(6-9(8)13)16-4-3-15-2-1-14-11(7)15;11-7-4-6(9-2-1-3-13-9)10(14)5-8(7)12;/h1-2,5-6H,3-4H2;1,3-5,14H,2H2;1H4. The van der Waals surface area contributed by atoms with Crippen LogP contribution >= 0.6 is 31.9 Å². The number of aromatic hydroxyl groups is 1. The van der Waals surface area contributed by atoms with E-state index in [0.717, 1.165) is 29.7 Å². The van der Waals surface area contributed by atoms with Crippen LogP contribution in [0, 0.1) is 11.6 Å². The molecule has 0 radical (unpaired) electrons. The molecule has 1 N–H and O–H groups in total. The number of rotatable bonds is 1. The van der Waals surface area contributed by atoms with Crippen LogP contribution < -0.4 is 4.74 Å². The van der Waals surface area contributed by atoms with Crippen molar-refractivity contribution in [2.24, 2.45) is 4.99 Å². The summed E-state index contributed by atoms with van der Waals surface area (Å²) in [5.74, 6) is 0.489. The summed E-state index contributed by atoms with van der Waals surface area (Å²) in [6.07, 6.45) is 7.86. The van der Waals surface area contributed by atoms with Crippen LogP contribution in [0.3, 0.4) is 0 Å². The van der Waals surface area contributed by atoms with E-state index in [1.165, 1.54) is 12.1 Å². The van der Waals surface area contributed by atoms with Crippen LogP contribution in [0.1, 0.15) is 19.4 Å². The summed E-state index contributed by atoms with van der Waals surface area (Å²) in [6.45, 7) is 1.25. The topological polar surface area (TPSA) is 59.6 Å². The minimum atomic E-state index is -0.474. The van der Waals surface area contributed by atoms with Gasteiger partial charge in [-0.3, -0.25) is 4.99 Å². The van der Waals surface area contributed by atoms with Crippen molar-refractivity contribution in [1.82, 2.24) is 9.55 Å². The molecule has 0 fully saturated rings. The maximum absolute atomic E-state index is 13.4. The van der Waals surface area contributed by atoms with Crippen LogP contribution in [-0.4, -0.2) is 27.0 Å². The molecule has 0 bridgehead atoms. The summed E-state index contributed by atoms with van der Waals surface area (Å²) in [5, 5.41) is 9.51. The first-order chi connectivity index (χ1) is 14.4. The van der Waals surface area contributed by atoms with Crippen LogP contribution in [0.25, 0.3) is 11.4 Å². The normalized spacial score (nSPS) is 13.6. The molecular formula is C22H19Br2F2N3O2. The minimum Gasteiger partial charge on any atom is -0.507 e. The zero-order valence-electron chi connectivity index (χ0n) is 15.4. The fourth-order valence-electron chi connectivity index (χ4n) is 3.12. The zero-order valence-corrected chi connectivity index (χ0v) is 18.6. The lowest BCUT2D eigenvalue weighted by Gasteiger charge is -2.07. The molecule has 2 aromatic carbocycles.